The van der Waals surface area contributed by atoms with Gasteiger partial charge in [-0.25, -0.2) is 4.79 Å². The minimum absolute atomic E-state index is 0.0455. The molecular formula is C25H30N2O3. The molecule has 5 nitrogen and oxygen atoms in total. The summed E-state index contributed by atoms with van der Waals surface area (Å²) in [6, 6.07) is 12.9. The average Bonchev–Trinajstić information content (AvgIpc) is 3.08. The van der Waals surface area contributed by atoms with E-state index in [1.165, 1.54) is 11.6 Å². The average molecular weight is 407 g/mol. The predicted octanol–water partition coefficient (Wildman–Crippen LogP) is 4.75. The fourth-order valence-electron chi connectivity index (χ4n) is 3.61. The number of carbonyl (C=O) groups is 2. The second-order valence-corrected chi connectivity index (χ2v) is 8.69. The molecule has 0 unspecified atom stereocenters. The van der Waals surface area contributed by atoms with E-state index in [0.29, 0.717) is 17.7 Å². The Morgan fingerprint density at radius 1 is 1.03 bits per heavy atom. The number of pyridine rings is 1. The summed E-state index contributed by atoms with van der Waals surface area (Å²) >= 11 is 0. The molecule has 0 radical (unpaired) electrons. The first kappa shape index (κ1) is 21.8. The molecule has 0 saturated carbocycles. The van der Waals surface area contributed by atoms with Crippen LogP contribution in [0.5, 0.6) is 0 Å². The van der Waals surface area contributed by atoms with Crippen molar-refractivity contribution in [3.63, 3.8) is 0 Å². The summed E-state index contributed by atoms with van der Waals surface area (Å²) in [5.41, 5.74) is 4.43. The summed E-state index contributed by atoms with van der Waals surface area (Å²) in [6.07, 6.45) is 4.37. The molecule has 158 valence electrons. The molecule has 0 amide bonds. The Morgan fingerprint density at radius 3 is 2.33 bits per heavy atom. The van der Waals surface area contributed by atoms with Crippen LogP contribution in [0.1, 0.15) is 71.7 Å². The number of aromatic nitrogens is 1. The van der Waals surface area contributed by atoms with Crippen molar-refractivity contribution < 1.29 is 14.7 Å². The molecular weight excluding hydrogens is 376 g/mol. The molecule has 0 fully saturated rings. The van der Waals surface area contributed by atoms with Gasteiger partial charge in [-0.3, -0.25) is 4.79 Å². The summed E-state index contributed by atoms with van der Waals surface area (Å²) < 4.78 is 1.79. The molecule has 5 heteroatoms. The maximum absolute atomic E-state index is 13.3. The van der Waals surface area contributed by atoms with Gasteiger partial charge in [0.25, 0.3) is 0 Å². The second-order valence-electron chi connectivity index (χ2n) is 8.69. The van der Waals surface area contributed by atoms with Crippen molar-refractivity contribution in [1.82, 2.24) is 9.72 Å². The molecule has 0 bridgehead atoms. The molecule has 0 aliphatic rings. The van der Waals surface area contributed by atoms with E-state index in [4.69, 9.17) is 0 Å². The maximum Gasteiger partial charge on any atom is 0.335 e. The number of ketones is 1. The fourth-order valence-corrected chi connectivity index (χ4v) is 3.61. The Bertz CT molecular complexity index is 1060. The normalized spacial score (nSPS) is 11.7. The maximum atomic E-state index is 13.3. The third kappa shape index (κ3) is 4.97. The van der Waals surface area contributed by atoms with Crippen LogP contribution in [0.2, 0.25) is 0 Å². The van der Waals surface area contributed by atoms with E-state index < -0.39 is 5.97 Å². The fraction of sp³-hybridized carbons (Fsp3) is 0.360. The molecule has 0 saturated heterocycles. The van der Waals surface area contributed by atoms with Crippen LogP contribution in [0, 0.1) is 0 Å². The zero-order valence-electron chi connectivity index (χ0n) is 18.2. The number of rotatable bonds is 8. The molecule has 30 heavy (non-hydrogen) atoms. The van der Waals surface area contributed by atoms with E-state index in [1.807, 2.05) is 37.3 Å². The number of fused-ring (bicyclic) bond motifs is 1. The van der Waals surface area contributed by atoms with Gasteiger partial charge in [0, 0.05) is 22.8 Å². The van der Waals surface area contributed by atoms with Gasteiger partial charge in [0.1, 0.15) is 0 Å². The summed E-state index contributed by atoms with van der Waals surface area (Å²) in [7, 11) is 0. The minimum Gasteiger partial charge on any atom is -0.478 e. The molecule has 0 atom stereocenters. The van der Waals surface area contributed by atoms with Gasteiger partial charge in [0.2, 0.25) is 5.78 Å². The Kier molecular flexibility index (Phi) is 6.42. The molecule has 2 N–H and O–H groups in total. The summed E-state index contributed by atoms with van der Waals surface area (Å²) in [4.78, 5) is 24.5. The quantitative estimate of drug-likeness (QED) is 0.418. The van der Waals surface area contributed by atoms with Crippen LogP contribution in [0.3, 0.4) is 0 Å². The highest BCUT2D eigenvalue weighted by atomic mass is 16.4. The molecule has 1 aromatic carbocycles. The number of carboxylic acid groups (broad SMARTS) is 1. The second kappa shape index (κ2) is 8.84. The number of benzene rings is 1. The van der Waals surface area contributed by atoms with E-state index in [0.717, 1.165) is 30.5 Å². The highest BCUT2D eigenvalue weighted by Crippen LogP contribution is 2.22. The number of hydrogen-bond donors (Lipinski definition) is 2. The van der Waals surface area contributed by atoms with E-state index in [1.54, 1.807) is 16.7 Å². The third-order valence-corrected chi connectivity index (χ3v) is 5.21. The van der Waals surface area contributed by atoms with Crippen molar-refractivity contribution in [1.29, 1.82) is 0 Å². The highest BCUT2D eigenvalue weighted by molar-refractivity contribution is 6.09. The van der Waals surface area contributed by atoms with Gasteiger partial charge < -0.3 is 14.8 Å². The minimum atomic E-state index is -0.974. The Labute approximate surface area is 177 Å². The molecule has 2 aromatic heterocycles. The van der Waals surface area contributed by atoms with Gasteiger partial charge in [-0.15, -0.1) is 0 Å². The summed E-state index contributed by atoms with van der Waals surface area (Å²) in [5.74, 6) is -1.02. The summed E-state index contributed by atoms with van der Waals surface area (Å²) in [5, 5.41) is 12.7. The van der Waals surface area contributed by atoms with Crippen molar-refractivity contribution in [3.8, 4) is 0 Å². The van der Waals surface area contributed by atoms with Gasteiger partial charge in [0.15, 0.2) is 0 Å². The lowest BCUT2D eigenvalue weighted by molar-refractivity contribution is 0.0696. The lowest BCUT2D eigenvalue weighted by Gasteiger charge is -2.20. The highest BCUT2D eigenvalue weighted by Gasteiger charge is 2.19. The molecule has 2 heterocycles. The zero-order valence-corrected chi connectivity index (χ0v) is 18.2. The van der Waals surface area contributed by atoms with Crippen LogP contribution >= 0.6 is 0 Å². The van der Waals surface area contributed by atoms with Crippen LogP contribution in [-0.2, 0) is 12.8 Å². The van der Waals surface area contributed by atoms with Crippen LogP contribution < -0.4 is 5.32 Å². The lowest BCUT2D eigenvalue weighted by atomic mass is 10.0. The van der Waals surface area contributed by atoms with Gasteiger partial charge in [0.05, 0.1) is 11.3 Å². The molecule has 0 aliphatic carbocycles. The number of aryl methyl sites for hydroxylation is 2. The Hall–Kier alpha value is -2.92. The van der Waals surface area contributed by atoms with Crippen LogP contribution in [0.25, 0.3) is 5.52 Å². The standard InChI is InChI=1S/C25H30N2O3/c1-5-18-15-21-16-20(24(29)30)12-14-27(21)22(18)23(28)19-10-8-17(9-11-19)7-6-13-26-25(2,3)4/h8-12,14-16,26H,5-7,13H2,1-4H3,(H,29,30). The lowest BCUT2D eigenvalue weighted by Crippen LogP contribution is -2.36. The number of hydrogen-bond acceptors (Lipinski definition) is 3. The topological polar surface area (TPSA) is 70.8 Å². The molecule has 0 spiro atoms. The van der Waals surface area contributed by atoms with E-state index in [2.05, 4.69) is 26.1 Å². The van der Waals surface area contributed by atoms with Crippen molar-refractivity contribution >= 4 is 17.3 Å². The molecule has 3 aromatic rings. The van der Waals surface area contributed by atoms with Gasteiger partial charge in [-0.05, 0) is 75.9 Å². The van der Waals surface area contributed by atoms with Gasteiger partial charge >= 0.3 is 5.97 Å². The molecule has 0 aliphatic heterocycles. The van der Waals surface area contributed by atoms with Crippen molar-refractivity contribution in [2.24, 2.45) is 0 Å². The monoisotopic (exact) mass is 406 g/mol. The zero-order chi connectivity index (χ0) is 21.9. The summed E-state index contributed by atoms with van der Waals surface area (Å²) in [6.45, 7) is 9.43. The van der Waals surface area contributed by atoms with E-state index in [9.17, 15) is 14.7 Å². The van der Waals surface area contributed by atoms with E-state index in [-0.39, 0.29) is 16.9 Å². The smallest absolute Gasteiger partial charge is 0.335 e. The first-order valence-corrected chi connectivity index (χ1v) is 10.5. The van der Waals surface area contributed by atoms with E-state index >= 15 is 0 Å². The number of carbonyl (C=O) groups excluding carboxylic acids is 1. The predicted molar refractivity (Wildman–Crippen MR) is 120 cm³/mol. The first-order valence-electron chi connectivity index (χ1n) is 10.5. The number of nitrogens with one attached hydrogen (secondary N) is 1. The van der Waals surface area contributed by atoms with Crippen LogP contribution in [0.15, 0.2) is 48.7 Å². The largest absolute Gasteiger partial charge is 0.478 e. The number of carboxylic acids is 1. The van der Waals surface area contributed by atoms with Crippen LogP contribution in [-0.4, -0.2) is 33.3 Å². The van der Waals surface area contributed by atoms with Crippen molar-refractivity contribution in [3.05, 3.63) is 76.6 Å². The Morgan fingerprint density at radius 2 is 1.73 bits per heavy atom. The van der Waals surface area contributed by atoms with Crippen LogP contribution in [0.4, 0.5) is 0 Å². The first-order chi connectivity index (χ1) is 14.2. The van der Waals surface area contributed by atoms with Crippen molar-refractivity contribution in [2.45, 2.75) is 52.5 Å². The number of nitrogens with zero attached hydrogens (tertiary/aromatic N) is 1. The van der Waals surface area contributed by atoms with Gasteiger partial charge in [-0.2, -0.15) is 0 Å². The van der Waals surface area contributed by atoms with Gasteiger partial charge in [-0.1, -0.05) is 31.2 Å². The Balaban J connectivity index is 1.79. The number of aromatic carboxylic acids is 1. The van der Waals surface area contributed by atoms with Crippen molar-refractivity contribution in [2.75, 3.05) is 6.54 Å². The third-order valence-electron chi connectivity index (χ3n) is 5.21. The SMILES string of the molecule is CCc1cc2cc(C(=O)O)ccn2c1C(=O)c1ccc(CCCNC(C)(C)C)cc1. The molecule has 3 rings (SSSR count).